The molecule has 1 aromatic carbocycles. The van der Waals surface area contributed by atoms with Crippen LogP contribution < -0.4 is 4.90 Å². The summed E-state index contributed by atoms with van der Waals surface area (Å²) in [4.78, 5) is 2.27. The maximum atomic E-state index is 6.53. The van der Waals surface area contributed by atoms with Gasteiger partial charge in [0, 0.05) is 30.4 Å². The molecule has 4 rings (SSSR count). The third kappa shape index (κ3) is 4.15. The molecule has 1 aliphatic heterocycles. The molecule has 27 heavy (non-hydrogen) atoms. The van der Waals surface area contributed by atoms with Gasteiger partial charge in [-0.15, -0.1) is 10.2 Å². The van der Waals surface area contributed by atoms with E-state index in [0.29, 0.717) is 10.9 Å². The first kappa shape index (κ1) is 18.4. The molecule has 0 aliphatic carbocycles. The molecule has 1 unspecified atom stereocenters. The van der Waals surface area contributed by atoms with E-state index in [1.54, 1.807) is 17.5 Å². The third-order valence-electron chi connectivity index (χ3n) is 4.59. The first-order chi connectivity index (χ1) is 13.1. The molecule has 0 saturated carbocycles. The summed E-state index contributed by atoms with van der Waals surface area (Å²) in [6.07, 6.45) is 4.94. The summed E-state index contributed by atoms with van der Waals surface area (Å²) in [6.45, 7) is 6.88. The first-order valence-corrected chi connectivity index (χ1v) is 10.3. The number of aromatic amines is 1. The molecule has 0 radical (unpaired) electrons. The number of aromatic nitrogens is 4. The Labute approximate surface area is 167 Å². The first-order valence-electron chi connectivity index (χ1n) is 9.09. The van der Waals surface area contributed by atoms with E-state index >= 15 is 0 Å². The number of anilines is 1. The van der Waals surface area contributed by atoms with Gasteiger partial charge in [-0.25, -0.2) is 0 Å². The number of hydrogen-bond acceptors (Lipinski definition) is 6. The molecular weight excluding hydrogens is 382 g/mol. The Bertz CT molecular complexity index is 895. The fraction of sp³-hybridized carbons (Fsp3) is 0.421. The molecule has 1 aliphatic rings. The van der Waals surface area contributed by atoms with Gasteiger partial charge in [-0.1, -0.05) is 42.9 Å². The summed E-state index contributed by atoms with van der Waals surface area (Å²) >= 11 is 8.11. The summed E-state index contributed by atoms with van der Waals surface area (Å²) in [6, 6.07) is 5.96. The lowest BCUT2D eigenvalue weighted by molar-refractivity contribution is 0.0275. The predicted octanol–water partition coefficient (Wildman–Crippen LogP) is 4.50. The van der Waals surface area contributed by atoms with Gasteiger partial charge in [0.05, 0.1) is 23.9 Å². The summed E-state index contributed by atoms with van der Waals surface area (Å²) in [5, 5.41) is 18.0. The standard InChI is InChI=1S/C19H22ClN5OS/c1-12(2)7-15-11-25(5-6-26-15)19-24-23-18(27-19)16-4-3-13(8-17(16)20)14-9-21-22-10-14/h3-4,8-10,12,15H,5-7,11H2,1-2H3,(H,21,22). The highest BCUT2D eigenvalue weighted by Crippen LogP contribution is 2.36. The SMILES string of the molecule is CC(C)CC1CN(c2nnc(-c3ccc(-c4cn[nH]c4)cc3Cl)s2)CCO1. The molecule has 1 N–H and O–H groups in total. The van der Waals surface area contributed by atoms with E-state index in [1.807, 2.05) is 24.4 Å². The number of hydrogen-bond donors (Lipinski definition) is 1. The van der Waals surface area contributed by atoms with Gasteiger partial charge in [-0.05, 0) is 30.0 Å². The molecule has 3 aromatic rings. The van der Waals surface area contributed by atoms with Crippen molar-refractivity contribution < 1.29 is 4.74 Å². The third-order valence-corrected chi connectivity index (χ3v) is 5.92. The van der Waals surface area contributed by atoms with Crippen molar-refractivity contribution in [2.24, 2.45) is 5.92 Å². The number of nitrogens with one attached hydrogen (secondary N) is 1. The van der Waals surface area contributed by atoms with Crippen LogP contribution in [0, 0.1) is 5.92 Å². The maximum Gasteiger partial charge on any atom is 0.208 e. The van der Waals surface area contributed by atoms with Crippen LogP contribution >= 0.6 is 22.9 Å². The zero-order valence-electron chi connectivity index (χ0n) is 15.4. The maximum absolute atomic E-state index is 6.53. The van der Waals surface area contributed by atoms with Crippen molar-refractivity contribution in [2.45, 2.75) is 26.4 Å². The van der Waals surface area contributed by atoms with Crippen LogP contribution in [-0.4, -0.2) is 46.2 Å². The van der Waals surface area contributed by atoms with E-state index in [-0.39, 0.29) is 6.10 Å². The van der Waals surface area contributed by atoms with Crippen molar-refractivity contribution in [3.05, 3.63) is 35.6 Å². The smallest absolute Gasteiger partial charge is 0.208 e. The van der Waals surface area contributed by atoms with E-state index in [2.05, 4.69) is 39.1 Å². The molecule has 142 valence electrons. The average Bonchev–Trinajstić information content (AvgIpc) is 3.33. The summed E-state index contributed by atoms with van der Waals surface area (Å²) in [5.41, 5.74) is 2.93. The molecule has 8 heteroatoms. The number of halogens is 1. The molecule has 6 nitrogen and oxygen atoms in total. The largest absolute Gasteiger partial charge is 0.375 e. The van der Waals surface area contributed by atoms with E-state index in [4.69, 9.17) is 16.3 Å². The predicted molar refractivity (Wildman–Crippen MR) is 109 cm³/mol. The van der Waals surface area contributed by atoms with Gasteiger partial charge in [0.15, 0.2) is 5.01 Å². The molecule has 2 aromatic heterocycles. The minimum Gasteiger partial charge on any atom is -0.375 e. The van der Waals surface area contributed by atoms with Gasteiger partial charge in [-0.3, -0.25) is 5.10 Å². The Balaban J connectivity index is 1.52. The highest BCUT2D eigenvalue weighted by atomic mass is 35.5. The fourth-order valence-electron chi connectivity index (χ4n) is 3.29. The number of benzene rings is 1. The number of ether oxygens (including phenoxy) is 1. The molecule has 0 amide bonds. The highest BCUT2D eigenvalue weighted by molar-refractivity contribution is 7.18. The van der Waals surface area contributed by atoms with Crippen molar-refractivity contribution >= 4 is 28.1 Å². The van der Waals surface area contributed by atoms with Gasteiger partial charge < -0.3 is 9.64 Å². The lowest BCUT2D eigenvalue weighted by Gasteiger charge is -2.33. The Kier molecular flexibility index (Phi) is 5.43. The highest BCUT2D eigenvalue weighted by Gasteiger charge is 2.24. The minimum atomic E-state index is 0.254. The molecule has 1 fully saturated rings. The Morgan fingerprint density at radius 3 is 2.96 bits per heavy atom. The zero-order chi connectivity index (χ0) is 18.8. The van der Waals surface area contributed by atoms with Crippen molar-refractivity contribution in [1.29, 1.82) is 0 Å². The molecule has 0 bridgehead atoms. The Morgan fingerprint density at radius 2 is 2.22 bits per heavy atom. The fourth-order valence-corrected chi connectivity index (χ4v) is 4.54. The number of H-pyrrole nitrogens is 1. The van der Waals surface area contributed by atoms with Crippen molar-refractivity contribution in [3.63, 3.8) is 0 Å². The van der Waals surface area contributed by atoms with E-state index in [9.17, 15) is 0 Å². The second-order valence-corrected chi connectivity index (χ2v) is 8.50. The van der Waals surface area contributed by atoms with E-state index < -0.39 is 0 Å². The summed E-state index contributed by atoms with van der Waals surface area (Å²) < 4.78 is 5.89. The van der Waals surface area contributed by atoms with Crippen LogP contribution in [0.25, 0.3) is 21.7 Å². The number of rotatable bonds is 5. The lowest BCUT2D eigenvalue weighted by Crippen LogP contribution is -2.43. The van der Waals surface area contributed by atoms with Crippen LogP contribution in [0.4, 0.5) is 5.13 Å². The van der Waals surface area contributed by atoms with Crippen molar-refractivity contribution in [2.75, 3.05) is 24.6 Å². The van der Waals surface area contributed by atoms with Crippen LogP contribution in [-0.2, 0) is 4.74 Å². The van der Waals surface area contributed by atoms with Crippen molar-refractivity contribution in [3.8, 4) is 21.7 Å². The molecule has 3 heterocycles. The normalized spacial score (nSPS) is 17.6. The van der Waals surface area contributed by atoms with Crippen LogP contribution in [0.2, 0.25) is 5.02 Å². The Morgan fingerprint density at radius 1 is 1.33 bits per heavy atom. The quantitative estimate of drug-likeness (QED) is 0.679. The molecule has 1 saturated heterocycles. The van der Waals surface area contributed by atoms with Crippen LogP contribution in [0.1, 0.15) is 20.3 Å². The Hall–Kier alpha value is -1.96. The van der Waals surface area contributed by atoms with Crippen LogP contribution in [0.5, 0.6) is 0 Å². The van der Waals surface area contributed by atoms with Crippen molar-refractivity contribution in [1.82, 2.24) is 20.4 Å². The van der Waals surface area contributed by atoms with Crippen LogP contribution in [0.15, 0.2) is 30.6 Å². The lowest BCUT2D eigenvalue weighted by atomic mass is 10.1. The number of nitrogens with zero attached hydrogens (tertiary/aromatic N) is 4. The van der Waals surface area contributed by atoms with E-state index in [1.165, 1.54) is 0 Å². The van der Waals surface area contributed by atoms with Crippen LogP contribution in [0.3, 0.4) is 0 Å². The zero-order valence-corrected chi connectivity index (χ0v) is 16.9. The van der Waals surface area contributed by atoms with Gasteiger partial charge in [0.25, 0.3) is 0 Å². The second kappa shape index (κ2) is 7.96. The number of morpholine rings is 1. The van der Waals surface area contributed by atoms with Gasteiger partial charge >= 0.3 is 0 Å². The van der Waals surface area contributed by atoms with Gasteiger partial charge in [-0.2, -0.15) is 5.10 Å². The second-order valence-electron chi connectivity index (χ2n) is 7.14. The minimum absolute atomic E-state index is 0.254. The van der Waals surface area contributed by atoms with Gasteiger partial charge in [0.2, 0.25) is 5.13 Å². The van der Waals surface area contributed by atoms with E-state index in [0.717, 1.165) is 52.9 Å². The summed E-state index contributed by atoms with van der Waals surface area (Å²) in [5.74, 6) is 0.618. The average molecular weight is 404 g/mol. The monoisotopic (exact) mass is 403 g/mol. The molecule has 1 atom stereocenters. The molecule has 0 spiro atoms. The topological polar surface area (TPSA) is 66.9 Å². The van der Waals surface area contributed by atoms with Gasteiger partial charge in [0.1, 0.15) is 0 Å². The molecular formula is C19H22ClN5OS. The summed E-state index contributed by atoms with van der Waals surface area (Å²) in [7, 11) is 0.